The van der Waals surface area contributed by atoms with Crippen LogP contribution >= 0.6 is 0 Å². The van der Waals surface area contributed by atoms with E-state index < -0.39 is 23.1 Å². The number of aryl methyl sites for hydroxylation is 1. The number of carbonyl (C=O) groups is 1. The van der Waals surface area contributed by atoms with Gasteiger partial charge in [0.2, 0.25) is 0 Å². The molecule has 1 amide bonds. The van der Waals surface area contributed by atoms with Crippen LogP contribution in [-0.2, 0) is 13.0 Å². The van der Waals surface area contributed by atoms with Crippen LogP contribution in [0.15, 0.2) is 30.5 Å². The fraction of sp³-hybridized carbons (Fsp3) is 0.235. The molecule has 0 unspecified atom stereocenters. The van der Waals surface area contributed by atoms with Gasteiger partial charge in [0.15, 0.2) is 5.65 Å². The predicted molar refractivity (Wildman–Crippen MR) is 82.5 cm³/mol. The van der Waals surface area contributed by atoms with E-state index in [4.69, 9.17) is 0 Å². The fourth-order valence-electron chi connectivity index (χ4n) is 3.09. The molecule has 0 atom stereocenters. The van der Waals surface area contributed by atoms with Gasteiger partial charge >= 0.3 is 0 Å². The zero-order valence-electron chi connectivity index (χ0n) is 13.0. The maximum Gasteiger partial charge on any atom is 0.260 e. The topological polar surface area (TPSA) is 50.5 Å². The van der Waals surface area contributed by atoms with E-state index in [2.05, 4.69) is 10.1 Å². The molecule has 1 aromatic carbocycles. The van der Waals surface area contributed by atoms with Crippen LogP contribution in [0.25, 0.3) is 5.65 Å². The summed E-state index contributed by atoms with van der Waals surface area (Å²) < 4.78 is 29.5. The van der Waals surface area contributed by atoms with E-state index in [1.165, 1.54) is 11.0 Å². The smallest absolute Gasteiger partial charge is 0.260 e. The van der Waals surface area contributed by atoms with Crippen LogP contribution < -0.4 is 0 Å². The minimum atomic E-state index is -0.845. The van der Waals surface area contributed by atoms with Gasteiger partial charge in [0.1, 0.15) is 17.2 Å². The second-order valence-electron chi connectivity index (χ2n) is 5.86. The first-order valence-electron chi connectivity index (χ1n) is 7.61. The first-order valence-corrected chi connectivity index (χ1v) is 7.61. The summed E-state index contributed by atoms with van der Waals surface area (Å²) in [6.07, 6.45) is 2.25. The summed E-state index contributed by atoms with van der Waals surface area (Å²) in [7, 11) is 0. The van der Waals surface area contributed by atoms with E-state index >= 15 is 0 Å². The Bertz CT molecular complexity index is 946. The Balaban J connectivity index is 1.69. The lowest BCUT2D eigenvalue weighted by atomic mass is 10.1. The van der Waals surface area contributed by atoms with Gasteiger partial charge in [-0.05, 0) is 19.1 Å². The molecule has 2 aromatic heterocycles. The fourth-order valence-corrected chi connectivity index (χ4v) is 3.09. The van der Waals surface area contributed by atoms with Crippen LogP contribution in [0, 0.1) is 18.6 Å². The third-order valence-electron chi connectivity index (χ3n) is 4.24. The largest absolute Gasteiger partial charge is 0.334 e. The summed E-state index contributed by atoms with van der Waals surface area (Å²) in [5, 5.41) is 4.41. The van der Waals surface area contributed by atoms with Crippen molar-refractivity contribution in [3.63, 3.8) is 0 Å². The molecule has 0 saturated heterocycles. The monoisotopic (exact) mass is 328 g/mol. The third-order valence-corrected chi connectivity index (χ3v) is 4.24. The van der Waals surface area contributed by atoms with Crippen LogP contribution in [0.1, 0.15) is 27.3 Å². The molecule has 0 bridgehead atoms. The maximum atomic E-state index is 13.8. The molecule has 1 aliphatic rings. The SMILES string of the molecule is Cc1cc2ncc3c(n2n1)CCN(C(=O)c1c(F)cccc1F)C3. The second-order valence-corrected chi connectivity index (χ2v) is 5.86. The van der Waals surface area contributed by atoms with Crippen molar-refractivity contribution < 1.29 is 13.6 Å². The highest BCUT2D eigenvalue weighted by molar-refractivity contribution is 5.94. The molecule has 0 saturated carbocycles. The Labute approximate surface area is 136 Å². The predicted octanol–water partition coefficient (Wildman–Crippen LogP) is 2.51. The van der Waals surface area contributed by atoms with Crippen LogP contribution in [-0.4, -0.2) is 31.9 Å². The van der Waals surface area contributed by atoms with Crippen molar-refractivity contribution in [2.45, 2.75) is 19.9 Å². The molecule has 4 rings (SSSR count). The average molecular weight is 328 g/mol. The number of hydrogen-bond donors (Lipinski definition) is 0. The quantitative estimate of drug-likeness (QED) is 0.690. The van der Waals surface area contributed by atoms with E-state index in [1.807, 2.05) is 13.0 Å². The number of nitrogens with zero attached hydrogens (tertiary/aromatic N) is 4. The van der Waals surface area contributed by atoms with Crippen molar-refractivity contribution in [3.05, 3.63) is 64.6 Å². The second kappa shape index (κ2) is 5.36. The van der Waals surface area contributed by atoms with E-state index in [0.717, 1.165) is 34.7 Å². The molecule has 3 aromatic rings. The molecule has 0 N–H and O–H groups in total. The molecule has 24 heavy (non-hydrogen) atoms. The Kier molecular flexibility index (Phi) is 3.30. The normalized spacial score (nSPS) is 14.0. The highest BCUT2D eigenvalue weighted by atomic mass is 19.1. The number of aromatic nitrogens is 3. The molecule has 3 heterocycles. The van der Waals surface area contributed by atoms with Crippen LogP contribution in [0.5, 0.6) is 0 Å². The van der Waals surface area contributed by atoms with Gasteiger partial charge in [-0.3, -0.25) is 4.79 Å². The molecule has 122 valence electrons. The van der Waals surface area contributed by atoms with Gasteiger partial charge in [0, 0.05) is 37.3 Å². The first kappa shape index (κ1) is 14.7. The highest BCUT2D eigenvalue weighted by Crippen LogP contribution is 2.23. The zero-order chi connectivity index (χ0) is 16.8. The number of hydrogen-bond acceptors (Lipinski definition) is 3. The summed E-state index contributed by atoms with van der Waals surface area (Å²) in [5.41, 5.74) is 2.92. The molecule has 5 nitrogen and oxygen atoms in total. The molecular formula is C17H14F2N4O. The van der Waals surface area contributed by atoms with E-state index in [9.17, 15) is 13.6 Å². The van der Waals surface area contributed by atoms with Crippen molar-refractivity contribution in [1.82, 2.24) is 19.5 Å². The summed E-state index contributed by atoms with van der Waals surface area (Å²) in [6.45, 7) is 2.52. The van der Waals surface area contributed by atoms with E-state index in [-0.39, 0.29) is 6.54 Å². The standard InChI is InChI=1S/C17H14F2N4O/c1-10-7-15-20-8-11-9-22(6-5-14(11)23(15)21-10)17(24)16-12(18)3-2-4-13(16)19/h2-4,7-8H,5-6,9H2,1H3. The van der Waals surface area contributed by atoms with Crippen molar-refractivity contribution >= 4 is 11.6 Å². The number of benzene rings is 1. The van der Waals surface area contributed by atoms with E-state index in [1.54, 1.807) is 10.7 Å². The van der Waals surface area contributed by atoms with Gasteiger partial charge in [-0.15, -0.1) is 0 Å². The molecule has 0 fully saturated rings. The summed E-state index contributed by atoms with van der Waals surface area (Å²) in [4.78, 5) is 18.3. The van der Waals surface area contributed by atoms with Gasteiger partial charge < -0.3 is 4.90 Å². The lowest BCUT2D eigenvalue weighted by Crippen LogP contribution is -2.37. The van der Waals surface area contributed by atoms with Crippen LogP contribution in [0.3, 0.4) is 0 Å². The van der Waals surface area contributed by atoms with Gasteiger partial charge in [-0.25, -0.2) is 18.3 Å². The van der Waals surface area contributed by atoms with Crippen LogP contribution in [0.4, 0.5) is 8.78 Å². The Hall–Kier alpha value is -2.83. The first-order chi connectivity index (χ1) is 11.5. The number of rotatable bonds is 1. The van der Waals surface area contributed by atoms with Gasteiger partial charge in [0.05, 0.1) is 11.4 Å². The molecule has 0 radical (unpaired) electrons. The summed E-state index contributed by atoms with van der Waals surface area (Å²) in [6, 6.07) is 5.30. The molecule has 0 aliphatic carbocycles. The van der Waals surface area contributed by atoms with Gasteiger partial charge in [0.25, 0.3) is 5.91 Å². The minimum absolute atomic E-state index is 0.254. The molecular weight excluding hydrogens is 314 g/mol. The zero-order valence-corrected chi connectivity index (χ0v) is 13.0. The number of fused-ring (bicyclic) bond motifs is 3. The Morgan fingerprint density at radius 3 is 2.75 bits per heavy atom. The average Bonchev–Trinajstić information content (AvgIpc) is 2.94. The molecule has 7 heteroatoms. The minimum Gasteiger partial charge on any atom is -0.334 e. The van der Waals surface area contributed by atoms with E-state index in [0.29, 0.717) is 13.0 Å². The summed E-state index contributed by atoms with van der Waals surface area (Å²) in [5.74, 6) is -2.34. The number of halogens is 2. The van der Waals surface area contributed by atoms with Crippen molar-refractivity contribution in [2.75, 3.05) is 6.54 Å². The van der Waals surface area contributed by atoms with Gasteiger partial charge in [-0.1, -0.05) is 6.07 Å². The van der Waals surface area contributed by atoms with Crippen LogP contribution in [0.2, 0.25) is 0 Å². The van der Waals surface area contributed by atoms with Crippen molar-refractivity contribution in [3.8, 4) is 0 Å². The van der Waals surface area contributed by atoms with Crippen molar-refractivity contribution in [2.24, 2.45) is 0 Å². The number of amides is 1. The van der Waals surface area contributed by atoms with Gasteiger partial charge in [-0.2, -0.15) is 5.10 Å². The Morgan fingerprint density at radius 2 is 2.00 bits per heavy atom. The lowest BCUT2D eigenvalue weighted by Gasteiger charge is -2.29. The molecule has 0 spiro atoms. The lowest BCUT2D eigenvalue weighted by molar-refractivity contribution is 0.0722. The van der Waals surface area contributed by atoms with Crippen molar-refractivity contribution in [1.29, 1.82) is 0 Å². The Morgan fingerprint density at radius 1 is 1.25 bits per heavy atom. The summed E-state index contributed by atoms with van der Waals surface area (Å²) >= 11 is 0. The third kappa shape index (κ3) is 2.24. The number of carbonyl (C=O) groups excluding carboxylic acids is 1. The highest BCUT2D eigenvalue weighted by Gasteiger charge is 2.27. The maximum absolute atomic E-state index is 13.8. The molecule has 1 aliphatic heterocycles.